The molecule has 0 saturated carbocycles. The Bertz CT molecular complexity index is 378. The summed E-state index contributed by atoms with van der Waals surface area (Å²) in [5.74, 6) is -0.737. The smallest absolute Gasteiger partial charge is 0.320 e. The number of carboxylic acid groups (broad SMARTS) is 1. The summed E-state index contributed by atoms with van der Waals surface area (Å²) >= 11 is 1.64. The molecule has 4 nitrogen and oxygen atoms in total. The second-order valence-corrected chi connectivity index (χ2v) is 5.31. The van der Waals surface area contributed by atoms with E-state index in [1.165, 1.54) is 0 Å². The minimum atomic E-state index is -0.737. The van der Waals surface area contributed by atoms with E-state index in [2.05, 4.69) is 15.7 Å². The number of aromatic nitrogens is 1. The second kappa shape index (κ2) is 4.93. The average molecular weight is 240 g/mol. The van der Waals surface area contributed by atoms with Gasteiger partial charge in [-0.05, 0) is 26.2 Å². The van der Waals surface area contributed by atoms with Crippen LogP contribution in [0.25, 0.3) is 0 Å². The lowest BCUT2D eigenvalue weighted by Gasteiger charge is -2.28. The van der Waals surface area contributed by atoms with Gasteiger partial charge in [0.1, 0.15) is 6.04 Å². The van der Waals surface area contributed by atoms with E-state index in [1.54, 1.807) is 11.3 Å². The topological polar surface area (TPSA) is 62.2 Å². The number of hydrogen-bond donors (Lipinski definition) is 2. The molecule has 0 aliphatic carbocycles. The molecule has 16 heavy (non-hydrogen) atoms. The van der Waals surface area contributed by atoms with Crippen LogP contribution in [-0.4, -0.2) is 28.1 Å². The first-order valence-electron chi connectivity index (χ1n) is 5.55. The number of rotatable bonds is 3. The standard InChI is InChI=1S/C11H16N2O2S/c1-7-12-9(6-16-7)5-8-3-2-4-10(13-8)11(14)15/h6,8,10,13H,2-5H2,1H3,(H,14,15). The number of nitrogens with one attached hydrogen (secondary N) is 1. The molecule has 1 saturated heterocycles. The van der Waals surface area contributed by atoms with Gasteiger partial charge < -0.3 is 10.4 Å². The van der Waals surface area contributed by atoms with Crippen LogP contribution in [-0.2, 0) is 11.2 Å². The first kappa shape index (κ1) is 11.5. The van der Waals surface area contributed by atoms with E-state index in [9.17, 15) is 4.79 Å². The summed E-state index contributed by atoms with van der Waals surface area (Å²) in [6.07, 6.45) is 3.61. The monoisotopic (exact) mass is 240 g/mol. The summed E-state index contributed by atoms with van der Waals surface area (Å²) in [6, 6.07) is -0.116. The number of hydrogen-bond acceptors (Lipinski definition) is 4. The Balaban J connectivity index is 1.92. The summed E-state index contributed by atoms with van der Waals surface area (Å²) in [5, 5.41) is 15.3. The molecule has 5 heteroatoms. The minimum absolute atomic E-state index is 0.261. The third kappa shape index (κ3) is 2.80. The van der Waals surface area contributed by atoms with E-state index in [0.29, 0.717) is 0 Å². The Morgan fingerprint density at radius 1 is 1.69 bits per heavy atom. The zero-order valence-corrected chi connectivity index (χ0v) is 10.1. The van der Waals surface area contributed by atoms with E-state index in [0.717, 1.165) is 36.4 Å². The van der Waals surface area contributed by atoms with Gasteiger partial charge in [-0.25, -0.2) is 4.98 Å². The largest absolute Gasteiger partial charge is 0.480 e. The summed E-state index contributed by atoms with van der Waals surface area (Å²) in [6.45, 7) is 1.99. The number of carboxylic acids is 1. The van der Waals surface area contributed by atoms with Gasteiger partial charge >= 0.3 is 5.97 Å². The fourth-order valence-electron chi connectivity index (χ4n) is 2.13. The molecule has 1 aliphatic heterocycles. The number of thiazole rings is 1. The van der Waals surface area contributed by atoms with E-state index >= 15 is 0 Å². The molecule has 0 spiro atoms. The zero-order chi connectivity index (χ0) is 11.5. The van der Waals surface area contributed by atoms with Gasteiger partial charge in [-0.2, -0.15) is 0 Å². The third-order valence-corrected chi connectivity index (χ3v) is 3.72. The molecule has 1 aromatic rings. The van der Waals surface area contributed by atoms with Crippen molar-refractivity contribution in [3.63, 3.8) is 0 Å². The summed E-state index contributed by atoms with van der Waals surface area (Å²) in [7, 11) is 0. The predicted molar refractivity (Wildman–Crippen MR) is 62.8 cm³/mol. The Morgan fingerprint density at radius 2 is 2.50 bits per heavy atom. The zero-order valence-electron chi connectivity index (χ0n) is 9.27. The van der Waals surface area contributed by atoms with Crippen molar-refractivity contribution in [2.75, 3.05) is 0 Å². The quantitative estimate of drug-likeness (QED) is 0.842. The summed E-state index contributed by atoms with van der Waals surface area (Å²) < 4.78 is 0. The van der Waals surface area contributed by atoms with E-state index in [4.69, 9.17) is 5.11 Å². The van der Waals surface area contributed by atoms with Crippen molar-refractivity contribution in [2.24, 2.45) is 0 Å². The number of piperidine rings is 1. The van der Waals surface area contributed by atoms with Gasteiger partial charge in [0.15, 0.2) is 0 Å². The molecule has 88 valence electrons. The Morgan fingerprint density at radius 3 is 3.12 bits per heavy atom. The van der Waals surface area contributed by atoms with Gasteiger partial charge in [0.05, 0.1) is 10.7 Å². The molecule has 1 aromatic heterocycles. The van der Waals surface area contributed by atoms with E-state index < -0.39 is 5.97 Å². The highest BCUT2D eigenvalue weighted by Gasteiger charge is 2.26. The maximum absolute atomic E-state index is 10.9. The van der Waals surface area contributed by atoms with Crippen LogP contribution in [0.15, 0.2) is 5.38 Å². The average Bonchev–Trinajstić information content (AvgIpc) is 2.64. The van der Waals surface area contributed by atoms with Crippen molar-refractivity contribution in [2.45, 2.75) is 44.7 Å². The van der Waals surface area contributed by atoms with Crippen molar-refractivity contribution in [1.82, 2.24) is 10.3 Å². The molecular weight excluding hydrogens is 224 g/mol. The molecule has 2 unspecified atom stereocenters. The SMILES string of the molecule is Cc1nc(CC2CCCC(C(=O)O)N2)cs1. The number of carbonyl (C=O) groups is 1. The van der Waals surface area contributed by atoms with Crippen LogP contribution in [0.3, 0.4) is 0 Å². The maximum Gasteiger partial charge on any atom is 0.320 e. The molecule has 2 N–H and O–H groups in total. The summed E-state index contributed by atoms with van der Waals surface area (Å²) in [4.78, 5) is 15.3. The van der Waals surface area contributed by atoms with Crippen LogP contribution in [0.1, 0.15) is 30.0 Å². The number of aryl methyl sites for hydroxylation is 1. The van der Waals surface area contributed by atoms with Gasteiger partial charge in [-0.1, -0.05) is 0 Å². The molecular formula is C11H16N2O2S. The van der Waals surface area contributed by atoms with Gasteiger partial charge in [0.25, 0.3) is 0 Å². The molecule has 0 radical (unpaired) electrons. The highest BCUT2D eigenvalue weighted by molar-refractivity contribution is 7.09. The second-order valence-electron chi connectivity index (χ2n) is 4.25. The predicted octanol–water partition coefficient (Wildman–Crippen LogP) is 1.59. The van der Waals surface area contributed by atoms with Crippen LogP contribution in [0.2, 0.25) is 0 Å². The van der Waals surface area contributed by atoms with E-state index in [-0.39, 0.29) is 12.1 Å². The molecule has 0 aromatic carbocycles. The van der Waals surface area contributed by atoms with E-state index in [1.807, 2.05) is 6.92 Å². The lowest BCUT2D eigenvalue weighted by Crippen LogP contribution is -2.47. The minimum Gasteiger partial charge on any atom is -0.480 e. The highest BCUT2D eigenvalue weighted by atomic mass is 32.1. The van der Waals surface area contributed by atoms with Crippen LogP contribution in [0.5, 0.6) is 0 Å². The molecule has 0 bridgehead atoms. The van der Waals surface area contributed by atoms with Crippen LogP contribution in [0.4, 0.5) is 0 Å². The normalized spacial score (nSPS) is 25.6. The van der Waals surface area contributed by atoms with Gasteiger partial charge in [-0.15, -0.1) is 11.3 Å². The Kier molecular flexibility index (Phi) is 3.56. The molecule has 1 fully saturated rings. The molecule has 1 aliphatic rings. The van der Waals surface area contributed by atoms with Crippen LogP contribution < -0.4 is 5.32 Å². The molecule has 2 atom stereocenters. The van der Waals surface area contributed by atoms with Crippen molar-refractivity contribution < 1.29 is 9.90 Å². The first-order valence-corrected chi connectivity index (χ1v) is 6.43. The lowest BCUT2D eigenvalue weighted by atomic mass is 9.96. The Labute approximate surface area is 98.7 Å². The third-order valence-electron chi connectivity index (χ3n) is 2.90. The Hall–Kier alpha value is -0.940. The van der Waals surface area contributed by atoms with Crippen molar-refractivity contribution in [3.8, 4) is 0 Å². The van der Waals surface area contributed by atoms with Crippen molar-refractivity contribution in [1.29, 1.82) is 0 Å². The van der Waals surface area contributed by atoms with Crippen molar-refractivity contribution >= 4 is 17.3 Å². The molecule has 2 heterocycles. The maximum atomic E-state index is 10.9. The van der Waals surface area contributed by atoms with Gasteiger partial charge in [0, 0.05) is 17.8 Å². The molecule has 2 rings (SSSR count). The molecule has 0 amide bonds. The van der Waals surface area contributed by atoms with Crippen molar-refractivity contribution in [3.05, 3.63) is 16.1 Å². The van der Waals surface area contributed by atoms with Crippen LogP contribution >= 0.6 is 11.3 Å². The fourth-order valence-corrected chi connectivity index (χ4v) is 2.76. The lowest BCUT2D eigenvalue weighted by molar-refractivity contribution is -0.140. The first-order chi connectivity index (χ1) is 7.65. The highest BCUT2D eigenvalue weighted by Crippen LogP contribution is 2.17. The van der Waals surface area contributed by atoms with Crippen LogP contribution in [0, 0.1) is 6.92 Å². The fraction of sp³-hybridized carbons (Fsp3) is 0.636. The summed E-state index contributed by atoms with van der Waals surface area (Å²) in [5.41, 5.74) is 1.08. The van der Waals surface area contributed by atoms with Gasteiger partial charge in [-0.3, -0.25) is 4.79 Å². The number of nitrogens with zero attached hydrogens (tertiary/aromatic N) is 1. The van der Waals surface area contributed by atoms with Gasteiger partial charge in [0.2, 0.25) is 0 Å². The number of aliphatic carboxylic acids is 1.